The Labute approximate surface area is 129 Å². The van der Waals surface area contributed by atoms with Crippen LogP contribution in [0, 0.1) is 5.92 Å². The second kappa shape index (κ2) is 6.09. The third kappa shape index (κ3) is 4.07. The highest BCUT2D eigenvalue weighted by Gasteiger charge is 2.34. The Morgan fingerprint density at radius 2 is 1.86 bits per heavy atom. The van der Waals surface area contributed by atoms with Crippen molar-refractivity contribution in [2.75, 3.05) is 18.1 Å². The Morgan fingerprint density at radius 1 is 1.24 bits per heavy atom. The molecular formula is C17H27NO2S. The summed E-state index contributed by atoms with van der Waals surface area (Å²) in [5.74, 6) is 0.834. The van der Waals surface area contributed by atoms with Crippen molar-refractivity contribution in [1.29, 1.82) is 0 Å². The third-order valence-electron chi connectivity index (χ3n) is 4.30. The first-order valence-corrected chi connectivity index (χ1v) is 9.59. The minimum absolute atomic E-state index is 0.140. The summed E-state index contributed by atoms with van der Waals surface area (Å²) in [6, 6.07) is 8.78. The van der Waals surface area contributed by atoms with Crippen molar-refractivity contribution in [3.63, 3.8) is 0 Å². The lowest BCUT2D eigenvalue weighted by atomic mass is 9.85. The normalized spacial score (nSPS) is 23.1. The summed E-state index contributed by atoms with van der Waals surface area (Å²) in [7, 11) is -2.84. The minimum Gasteiger partial charge on any atom is -0.310 e. The van der Waals surface area contributed by atoms with Crippen LogP contribution in [0.4, 0.5) is 0 Å². The predicted octanol–water partition coefficient (Wildman–Crippen LogP) is 3.07. The van der Waals surface area contributed by atoms with Gasteiger partial charge >= 0.3 is 0 Å². The van der Waals surface area contributed by atoms with E-state index in [1.165, 1.54) is 11.1 Å². The van der Waals surface area contributed by atoms with E-state index in [0.717, 1.165) is 13.0 Å². The van der Waals surface area contributed by atoms with Gasteiger partial charge in [0.15, 0.2) is 9.84 Å². The minimum atomic E-state index is -2.84. The Kier molecular flexibility index (Phi) is 4.79. The molecule has 2 rings (SSSR count). The predicted molar refractivity (Wildman–Crippen MR) is 88.3 cm³/mol. The molecule has 4 heteroatoms. The monoisotopic (exact) mass is 309 g/mol. The Balaban J connectivity index is 2.23. The SMILES string of the molecule is CCNC(c1ccc(C(C)(C)C)cc1)C1CCS(=O)(=O)C1. The first-order valence-electron chi connectivity index (χ1n) is 7.77. The summed E-state index contributed by atoms with van der Waals surface area (Å²) in [5, 5.41) is 3.47. The molecule has 1 aromatic rings. The van der Waals surface area contributed by atoms with Crippen LogP contribution >= 0.6 is 0 Å². The van der Waals surface area contributed by atoms with E-state index >= 15 is 0 Å². The lowest BCUT2D eigenvalue weighted by Gasteiger charge is -2.25. The molecule has 21 heavy (non-hydrogen) atoms. The van der Waals surface area contributed by atoms with Crippen LogP contribution in [0.2, 0.25) is 0 Å². The summed E-state index contributed by atoms with van der Waals surface area (Å²) >= 11 is 0. The molecule has 118 valence electrons. The van der Waals surface area contributed by atoms with Crippen LogP contribution < -0.4 is 5.32 Å². The standard InChI is InChI=1S/C17H27NO2S/c1-5-18-16(14-10-11-21(19,20)12-14)13-6-8-15(9-7-13)17(2,3)4/h6-9,14,16,18H,5,10-12H2,1-4H3. The van der Waals surface area contributed by atoms with Gasteiger partial charge in [0.05, 0.1) is 11.5 Å². The van der Waals surface area contributed by atoms with Gasteiger partial charge < -0.3 is 5.32 Å². The fraction of sp³-hybridized carbons (Fsp3) is 0.647. The van der Waals surface area contributed by atoms with Crippen molar-refractivity contribution in [3.8, 4) is 0 Å². The van der Waals surface area contributed by atoms with Gasteiger partial charge in [-0.1, -0.05) is 52.0 Å². The van der Waals surface area contributed by atoms with Crippen molar-refractivity contribution in [2.24, 2.45) is 5.92 Å². The van der Waals surface area contributed by atoms with E-state index in [1.54, 1.807) is 0 Å². The number of sulfone groups is 1. The van der Waals surface area contributed by atoms with E-state index in [-0.39, 0.29) is 17.4 Å². The highest BCUT2D eigenvalue weighted by atomic mass is 32.2. The van der Waals surface area contributed by atoms with Crippen molar-refractivity contribution < 1.29 is 8.42 Å². The van der Waals surface area contributed by atoms with Crippen molar-refractivity contribution >= 4 is 9.84 Å². The molecule has 2 atom stereocenters. The van der Waals surface area contributed by atoms with E-state index in [4.69, 9.17) is 0 Å². The second-order valence-corrected chi connectivity index (χ2v) is 9.30. The van der Waals surface area contributed by atoms with E-state index in [2.05, 4.69) is 57.3 Å². The first-order chi connectivity index (χ1) is 9.73. The molecule has 3 nitrogen and oxygen atoms in total. The van der Waals surface area contributed by atoms with Crippen LogP contribution in [0.3, 0.4) is 0 Å². The van der Waals surface area contributed by atoms with Crippen LogP contribution in [0.5, 0.6) is 0 Å². The largest absolute Gasteiger partial charge is 0.310 e. The molecule has 0 radical (unpaired) electrons. The molecule has 2 unspecified atom stereocenters. The lowest BCUT2D eigenvalue weighted by molar-refractivity contribution is 0.400. The van der Waals surface area contributed by atoms with Crippen LogP contribution in [-0.2, 0) is 15.3 Å². The summed E-state index contributed by atoms with van der Waals surface area (Å²) in [6.07, 6.45) is 0.765. The van der Waals surface area contributed by atoms with Gasteiger partial charge in [-0.05, 0) is 35.4 Å². The smallest absolute Gasteiger partial charge is 0.150 e. The zero-order valence-corrected chi connectivity index (χ0v) is 14.3. The van der Waals surface area contributed by atoms with Crippen LogP contribution in [0.15, 0.2) is 24.3 Å². The second-order valence-electron chi connectivity index (χ2n) is 7.07. The summed E-state index contributed by atoms with van der Waals surface area (Å²) in [6.45, 7) is 9.52. The maximum atomic E-state index is 11.7. The average Bonchev–Trinajstić information content (AvgIpc) is 2.75. The summed E-state index contributed by atoms with van der Waals surface area (Å²) in [4.78, 5) is 0. The number of benzene rings is 1. The number of nitrogens with one attached hydrogen (secondary N) is 1. The summed E-state index contributed by atoms with van der Waals surface area (Å²) in [5.41, 5.74) is 2.65. The van der Waals surface area contributed by atoms with Gasteiger partial charge in [0.2, 0.25) is 0 Å². The van der Waals surface area contributed by atoms with E-state index < -0.39 is 9.84 Å². The maximum Gasteiger partial charge on any atom is 0.150 e. The zero-order chi connectivity index (χ0) is 15.7. The van der Waals surface area contributed by atoms with Crippen LogP contribution in [0.1, 0.15) is 51.3 Å². The summed E-state index contributed by atoms with van der Waals surface area (Å²) < 4.78 is 23.5. The average molecular weight is 309 g/mol. The van der Waals surface area contributed by atoms with Crippen LogP contribution in [0.25, 0.3) is 0 Å². The fourth-order valence-corrected chi connectivity index (χ4v) is 4.89. The van der Waals surface area contributed by atoms with E-state index in [0.29, 0.717) is 11.5 Å². The highest BCUT2D eigenvalue weighted by molar-refractivity contribution is 7.91. The van der Waals surface area contributed by atoms with Gasteiger partial charge in [0, 0.05) is 6.04 Å². The van der Waals surface area contributed by atoms with Gasteiger partial charge in [0.25, 0.3) is 0 Å². The Morgan fingerprint density at radius 3 is 2.29 bits per heavy atom. The number of hydrogen-bond donors (Lipinski definition) is 1. The van der Waals surface area contributed by atoms with E-state index in [1.807, 2.05) is 0 Å². The fourth-order valence-electron chi connectivity index (χ4n) is 3.05. The molecule has 0 amide bonds. The van der Waals surface area contributed by atoms with Crippen molar-refractivity contribution in [2.45, 2.75) is 45.6 Å². The quantitative estimate of drug-likeness (QED) is 0.930. The van der Waals surface area contributed by atoms with Gasteiger partial charge in [0.1, 0.15) is 0 Å². The molecule has 1 aliphatic heterocycles. The Hall–Kier alpha value is -0.870. The third-order valence-corrected chi connectivity index (χ3v) is 6.09. The Bertz CT molecular complexity index is 570. The molecular weight excluding hydrogens is 282 g/mol. The molecule has 0 saturated carbocycles. The zero-order valence-electron chi connectivity index (χ0n) is 13.5. The van der Waals surface area contributed by atoms with Gasteiger partial charge in [-0.2, -0.15) is 0 Å². The maximum absolute atomic E-state index is 11.7. The number of hydrogen-bond acceptors (Lipinski definition) is 3. The van der Waals surface area contributed by atoms with Crippen molar-refractivity contribution in [1.82, 2.24) is 5.32 Å². The first kappa shape index (κ1) is 16.5. The van der Waals surface area contributed by atoms with Crippen LogP contribution in [-0.4, -0.2) is 26.5 Å². The topological polar surface area (TPSA) is 46.2 Å². The lowest BCUT2D eigenvalue weighted by Crippen LogP contribution is -2.29. The molecule has 1 aromatic carbocycles. The molecule has 0 bridgehead atoms. The highest BCUT2D eigenvalue weighted by Crippen LogP contribution is 2.32. The van der Waals surface area contributed by atoms with Gasteiger partial charge in [-0.25, -0.2) is 8.42 Å². The number of rotatable bonds is 4. The molecule has 0 aliphatic carbocycles. The molecule has 1 fully saturated rings. The molecule has 1 heterocycles. The van der Waals surface area contributed by atoms with Gasteiger partial charge in [-0.15, -0.1) is 0 Å². The van der Waals surface area contributed by atoms with Gasteiger partial charge in [-0.3, -0.25) is 0 Å². The van der Waals surface area contributed by atoms with Crippen molar-refractivity contribution in [3.05, 3.63) is 35.4 Å². The molecule has 1 saturated heterocycles. The molecule has 1 aliphatic rings. The molecule has 1 N–H and O–H groups in total. The van der Waals surface area contributed by atoms with E-state index in [9.17, 15) is 8.42 Å². The molecule has 0 aromatic heterocycles. The molecule has 0 spiro atoms.